The van der Waals surface area contributed by atoms with E-state index < -0.39 is 11.9 Å². The molecule has 1 amide bonds. The standard InChI is InChI=1S/C16H16F3N3OS/c1-11-6-9-22(12-4-2-3-5-13(12)24-11)15(23)10-21-8-7-14(20-21)16(17,18)19/h2-5,7-8,11H,6,9-10H2,1H3. The number of hydrogen-bond acceptors (Lipinski definition) is 3. The molecular weight excluding hydrogens is 339 g/mol. The summed E-state index contributed by atoms with van der Waals surface area (Å²) in [5.74, 6) is -0.269. The molecular formula is C16H16F3N3OS. The number of aromatic nitrogens is 2. The van der Waals surface area contributed by atoms with E-state index in [2.05, 4.69) is 12.0 Å². The van der Waals surface area contributed by atoms with Crippen molar-refractivity contribution in [3.05, 3.63) is 42.2 Å². The van der Waals surface area contributed by atoms with Gasteiger partial charge in [0.1, 0.15) is 6.54 Å². The number of carbonyl (C=O) groups is 1. The molecule has 0 radical (unpaired) electrons. The van der Waals surface area contributed by atoms with Gasteiger partial charge in [0.2, 0.25) is 5.91 Å². The van der Waals surface area contributed by atoms with Crippen molar-refractivity contribution in [2.24, 2.45) is 0 Å². The van der Waals surface area contributed by atoms with E-state index >= 15 is 0 Å². The molecule has 1 aromatic carbocycles. The molecule has 0 saturated carbocycles. The zero-order chi connectivity index (χ0) is 17.3. The number of alkyl halides is 3. The molecule has 1 atom stereocenters. The number of halogens is 3. The Labute approximate surface area is 141 Å². The van der Waals surface area contributed by atoms with Crippen molar-refractivity contribution in [1.29, 1.82) is 0 Å². The quantitative estimate of drug-likeness (QED) is 0.822. The second-order valence-electron chi connectivity index (χ2n) is 5.63. The van der Waals surface area contributed by atoms with Gasteiger partial charge < -0.3 is 4.90 Å². The third-order valence-electron chi connectivity index (χ3n) is 3.77. The third-order valence-corrected chi connectivity index (χ3v) is 5.01. The van der Waals surface area contributed by atoms with Gasteiger partial charge in [-0.25, -0.2) is 0 Å². The fourth-order valence-electron chi connectivity index (χ4n) is 2.57. The van der Waals surface area contributed by atoms with Crippen LogP contribution in [0.25, 0.3) is 0 Å². The summed E-state index contributed by atoms with van der Waals surface area (Å²) in [4.78, 5) is 15.3. The smallest absolute Gasteiger partial charge is 0.310 e. The number of benzene rings is 1. The predicted molar refractivity (Wildman–Crippen MR) is 86.0 cm³/mol. The summed E-state index contributed by atoms with van der Waals surface area (Å²) < 4.78 is 38.9. The predicted octanol–water partition coefficient (Wildman–Crippen LogP) is 3.82. The SMILES string of the molecule is CC1CCN(C(=O)Cn2ccc(C(F)(F)F)n2)c2ccccc2S1. The van der Waals surface area contributed by atoms with E-state index in [1.54, 1.807) is 16.7 Å². The number of nitrogens with zero attached hydrogens (tertiary/aromatic N) is 3. The number of fused-ring (bicyclic) bond motifs is 1. The monoisotopic (exact) mass is 355 g/mol. The second-order valence-corrected chi connectivity index (χ2v) is 7.11. The molecule has 0 N–H and O–H groups in total. The number of hydrogen-bond donors (Lipinski definition) is 0. The zero-order valence-corrected chi connectivity index (χ0v) is 13.8. The maximum atomic E-state index is 12.6. The Hall–Kier alpha value is -1.96. The lowest BCUT2D eigenvalue weighted by atomic mass is 10.2. The van der Waals surface area contributed by atoms with E-state index in [0.717, 1.165) is 27.8 Å². The largest absolute Gasteiger partial charge is 0.435 e. The first kappa shape index (κ1) is 16.9. The summed E-state index contributed by atoms with van der Waals surface area (Å²) in [5, 5.41) is 3.82. The van der Waals surface area contributed by atoms with Gasteiger partial charge in [0.25, 0.3) is 0 Å². The van der Waals surface area contributed by atoms with Crippen LogP contribution in [0.2, 0.25) is 0 Å². The number of thioether (sulfide) groups is 1. The van der Waals surface area contributed by atoms with Crippen LogP contribution in [-0.2, 0) is 17.5 Å². The van der Waals surface area contributed by atoms with Crippen LogP contribution in [0.4, 0.5) is 18.9 Å². The van der Waals surface area contributed by atoms with Crippen LogP contribution in [0.3, 0.4) is 0 Å². The van der Waals surface area contributed by atoms with Gasteiger partial charge in [0.05, 0.1) is 5.69 Å². The Morgan fingerprint density at radius 2 is 2.08 bits per heavy atom. The van der Waals surface area contributed by atoms with E-state index in [0.29, 0.717) is 11.8 Å². The molecule has 24 heavy (non-hydrogen) atoms. The second kappa shape index (κ2) is 6.51. The topological polar surface area (TPSA) is 38.1 Å². The Balaban J connectivity index is 1.81. The number of anilines is 1. The molecule has 3 rings (SSSR count). The normalized spacial score (nSPS) is 18.2. The molecule has 1 aliphatic rings. The summed E-state index contributed by atoms with van der Waals surface area (Å²) in [6.45, 7) is 2.42. The van der Waals surface area contributed by atoms with Crippen LogP contribution < -0.4 is 4.90 Å². The summed E-state index contributed by atoms with van der Waals surface area (Å²) in [6, 6.07) is 8.46. The summed E-state index contributed by atoms with van der Waals surface area (Å²) in [6.07, 6.45) is -2.50. The van der Waals surface area contributed by atoms with E-state index in [4.69, 9.17) is 0 Å². The molecule has 0 bridgehead atoms. The molecule has 4 nitrogen and oxygen atoms in total. The van der Waals surface area contributed by atoms with Crippen molar-refractivity contribution in [3.63, 3.8) is 0 Å². The van der Waals surface area contributed by atoms with Crippen LogP contribution >= 0.6 is 11.8 Å². The molecule has 128 valence electrons. The summed E-state index contributed by atoms with van der Waals surface area (Å²) >= 11 is 1.70. The first-order valence-electron chi connectivity index (χ1n) is 7.51. The maximum Gasteiger partial charge on any atom is 0.435 e. The van der Waals surface area contributed by atoms with Crippen LogP contribution in [-0.4, -0.2) is 27.5 Å². The van der Waals surface area contributed by atoms with Gasteiger partial charge in [0, 0.05) is 22.9 Å². The third kappa shape index (κ3) is 3.58. The lowest BCUT2D eigenvalue weighted by Crippen LogP contribution is -2.35. The van der Waals surface area contributed by atoms with Gasteiger partial charge in [-0.15, -0.1) is 11.8 Å². The molecule has 0 spiro atoms. The van der Waals surface area contributed by atoms with Gasteiger partial charge in [0.15, 0.2) is 5.69 Å². The highest BCUT2D eigenvalue weighted by atomic mass is 32.2. The van der Waals surface area contributed by atoms with Crippen molar-refractivity contribution in [3.8, 4) is 0 Å². The average molecular weight is 355 g/mol. The molecule has 1 unspecified atom stereocenters. The fraction of sp³-hybridized carbons (Fsp3) is 0.375. The fourth-order valence-corrected chi connectivity index (χ4v) is 3.68. The van der Waals surface area contributed by atoms with Crippen molar-refractivity contribution in [1.82, 2.24) is 9.78 Å². The highest BCUT2D eigenvalue weighted by Crippen LogP contribution is 2.37. The van der Waals surface area contributed by atoms with E-state index in [1.807, 2.05) is 24.3 Å². The van der Waals surface area contributed by atoms with E-state index in [1.165, 1.54) is 6.20 Å². The van der Waals surface area contributed by atoms with Crippen LogP contribution in [0, 0.1) is 0 Å². The highest BCUT2D eigenvalue weighted by molar-refractivity contribution is 8.00. The minimum Gasteiger partial charge on any atom is -0.310 e. The lowest BCUT2D eigenvalue weighted by molar-refractivity contribution is -0.141. The minimum absolute atomic E-state index is 0.219. The Bertz CT molecular complexity index is 744. The first-order chi connectivity index (χ1) is 11.3. The molecule has 0 saturated heterocycles. The Kier molecular flexibility index (Phi) is 4.58. The number of amides is 1. The Morgan fingerprint density at radius 3 is 2.79 bits per heavy atom. The number of carbonyl (C=O) groups excluding carboxylic acids is 1. The number of rotatable bonds is 2. The van der Waals surface area contributed by atoms with Gasteiger partial charge in [-0.2, -0.15) is 18.3 Å². The van der Waals surface area contributed by atoms with Crippen LogP contribution in [0.15, 0.2) is 41.4 Å². The first-order valence-corrected chi connectivity index (χ1v) is 8.39. The van der Waals surface area contributed by atoms with Crippen molar-refractivity contribution >= 4 is 23.4 Å². The van der Waals surface area contributed by atoms with Crippen molar-refractivity contribution in [2.45, 2.75) is 36.2 Å². The number of para-hydroxylation sites is 1. The molecule has 0 aliphatic carbocycles. The van der Waals surface area contributed by atoms with Crippen LogP contribution in [0.1, 0.15) is 19.0 Å². The van der Waals surface area contributed by atoms with E-state index in [9.17, 15) is 18.0 Å². The van der Waals surface area contributed by atoms with Gasteiger partial charge in [-0.1, -0.05) is 19.1 Å². The van der Waals surface area contributed by atoms with Crippen molar-refractivity contribution < 1.29 is 18.0 Å². The molecule has 8 heteroatoms. The highest BCUT2D eigenvalue weighted by Gasteiger charge is 2.34. The molecule has 2 heterocycles. The lowest BCUT2D eigenvalue weighted by Gasteiger charge is -2.22. The minimum atomic E-state index is -4.50. The van der Waals surface area contributed by atoms with Crippen LogP contribution in [0.5, 0.6) is 0 Å². The summed E-state index contributed by atoms with van der Waals surface area (Å²) in [7, 11) is 0. The molecule has 1 aliphatic heterocycles. The van der Waals surface area contributed by atoms with Gasteiger partial charge in [-0.05, 0) is 24.6 Å². The van der Waals surface area contributed by atoms with E-state index in [-0.39, 0.29) is 12.5 Å². The average Bonchev–Trinajstić information content (AvgIpc) is 2.90. The van der Waals surface area contributed by atoms with Gasteiger partial charge in [-0.3, -0.25) is 9.48 Å². The van der Waals surface area contributed by atoms with Crippen molar-refractivity contribution in [2.75, 3.05) is 11.4 Å². The maximum absolute atomic E-state index is 12.6. The van der Waals surface area contributed by atoms with Gasteiger partial charge >= 0.3 is 6.18 Å². The molecule has 1 aromatic heterocycles. The Morgan fingerprint density at radius 1 is 1.33 bits per heavy atom. The molecule has 0 fully saturated rings. The zero-order valence-electron chi connectivity index (χ0n) is 13.0. The summed E-state index contributed by atoms with van der Waals surface area (Å²) in [5.41, 5.74) is -0.184. The molecule has 2 aromatic rings.